The van der Waals surface area contributed by atoms with Gasteiger partial charge in [0.2, 0.25) is 0 Å². The number of hydrogen-bond acceptors (Lipinski definition) is 7. The molecule has 0 aliphatic carbocycles. The van der Waals surface area contributed by atoms with Crippen molar-refractivity contribution >= 4 is 17.9 Å². The zero-order chi connectivity index (χ0) is 39.9. The second-order valence-corrected chi connectivity index (χ2v) is 16.4. The standard InChI is InChI=1S/C47H91NO6/c1-7-12-16-20-22-24-26-29-34-42(33-27-18-14-9-3)46(50)53-41-44(40-52-45(49)37-31-32-39-48(6)38-11-5)54-47(51)43(35-28-19-15-10-4)36-30-25-23-21-17-13-8-2/h42-44H,7-41H2,1-6H3. The zero-order valence-corrected chi connectivity index (χ0v) is 36.9. The van der Waals surface area contributed by atoms with E-state index in [-0.39, 0.29) is 43.0 Å². The molecule has 0 N–H and O–H groups in total. The van der Waals surface area contributed by atoms with Gasteiger partial charge in [0.25, 0.3) is 0 Å². The molecule has 0 bridgehead atoms. The second-order valence-electron chi connectivity index (χ2n) is 16.4. The van der Waals surface area contributed by atoms with Crippen molar-refractivity contribution in [3.63, 3.8) is 0 Å². The number of unbranched alkanes of at least 4 members (excludes halogenated alkanes) is 20. The van der Waals surface area contributed by atoms with Gasteiger partial charge in [-0.1, -0.05) is 182 Å². The maximum Gasteiger partial charge on any atom is 0.309 e. The van der Waals surface area contributed by atoms with Crippen LogP contribution < -0.4 is 0 Å². The van der Waals surface area contributed by atoms with Gasteiger partial charge < -0.3 is 19.1 Å². The molecule has 54 heavy (non-hydrogen) atoms. The van der Waals surface area contributed by atoms with Gasteiger partial charge in [0, 0.05) is 6.42 Å². The van der Waals surface area contributed by atoms with Crippen LogP contribution in [0.5, 0.6) is 0 Å². The van der Waals surface area contributed by atoms with E-state index < -0.39 is 6.10 Å². The number of esters is 3. The molecule has 0 aliphatic heterocycles. The Morgan fingerprint density at radius 1 is 0.426 bits per heavy atom. The molecule has 0 aromatic carbocycles. The number of nitrogens with zero attached hydrogens (tertiary/aromatic N) is 1. The molecule has 0 rings (SSSR count). The summed E-state index contributed by atoms with van der Waals surface area (Å²) in [7, 11) is 2.11. The third-order valence-corrected chi connectivity index (χ3v) is 10.9. The van der Waals surface area contributed by atoms with Crippen LogP contribution in [0, 0.1) is 11.8 Å². The minimum absolute atomic E-state index is 0.0669. The molecule has 320 valence electrons. The lowest BCUT2D eigenvalue weighted by atomic mass is 9.94. The largest absolute Gasteiger partial charge is 0.462 e. The fraction of sp³-hybridized carbons (Fsp3) is 0.936. The summed E-state index contributed by atoms with van der Waals surface area (Å²) in [5, 5.41) is 0. The van der Waals surface area contributed by atoms with Crippen molar-refractivity contribution < 1.29 is 28.6 Å². The fourth-order valence-corrected chi connectivity index (χ4v) is 7.34. The monoisotopic (exact) mass is 766 g/mol. The predicted octanol–water partition coefficient (Wildman–Crippen LogP) is 13.3. The van der Waals surface area contributed by atoms with Gasteiger partial charge >= 0.3 is 17.9 Å². The lowest BCUT2D eigenvalue weighted by molar-refractivity contribution is -0.171. The van der Waals surface area contributed by atoms with Crippen molar-refractivity contribution in [1.29, 1.82) is 0 Å². The summed E-state index contributed by atoms with van der Waals surface area (Å²) in [5.41, 5.74) is 0. The number of hydrogen-bond donors (Lipinski definition) is 0. The third kappa shape index (κ3) is 32.6. The van der Waals surface area contributed by atoms with Gasteiger partial charge in [-0.15, -0.1) is 0 Å². The van der Waals surface area contributed by atoms with Crippen molar-refractivity contribution in [1.82, 2.24) is 4.90 Å². The van der Waals surface area contributed by atoms with Gasteiger partial charge in [-0.3, -0.25) is 14.4 Å². The highest BCUT2D eigenvalue weighted by atomic mass is 16.6. The van der Waals surface area contributed by atoms with Crippen LogP contribution in [0.4, 0.5) is 0 Å². The zero-order valence-electron chi connectivity index (χ0n) is 36.9. The summed E-state index contributed by atoms with van der Waals surface area (Å²) >= 11 is 0. The van der Waals surface area contributed by atoms with Gasteiger partial charge in [-0.25, -0.2) is 0 Å². The van der Waals surface area contributed by atoms with Crippen LogP contribution in [0.15, 0.2) is 0 Å². The van der Waals surface area contributed by atoms with Crippen molar-refractivity contribution in [2.45, 2.75) is 240 Å². The highest BCUT2D eigenvalue weighted by Crippen LogP contribution is 2.23. The maximum atomic E-state index is 13.8. The van der Waals surface area contributed by atoms with Crippen LogP contribution in [0.25, 0.3) is 0 Å². The van der Waals surface area contributed by atoms with Crippen LogP contribution >= 0.6 is 0 Å². The van der Waals surface area contributed by atoms with Gasteiger partial charge in [0.15, 0.2) is 6.10 Å². The lowest BCUT2D eigenvalue weighted by Gasteiger charge is -2.23. The minimum atomic E-state index is -0.794. The summed E-state index contributed by atoms with van der Waals surface area (Å²) in [5.74, 6) is -1.04. The Morgan fingerprint density at radius 3 is 1.26 bits per heavy atom. The number of ether oxygens (including phenoxy) is 3. The van der Waals surface area contributed by atoms with Gasteiger partial charge in [-0.05, 0) is 65.1 Å². The molecule has 0 amide bonds. The van der Waals surface area contributed by atoms with E-state index >= 15 is 0 Å². The van der Waals surface area contributed by atoms with Crippen LogP contribution in [0.2, 0.25) is 0 Å². The minimum Gasteiger partial charge on any atom is -0.462 e. The smallest absolute Gasteiger partial charge is 0.309 e. The van der Waals surface area contributed by atoms with Crippen molar-refractivity contribution in [2.75, 3.05) is 33.4 Å². The first-order valence-electron chi connectivity index (χ1n) is 23.5. The average molecular weight is 766 g/mol. The van der Waals surface area contributed by atoms with Crippen molar-refractivity contribution in [3.8, 4) is 0 Å². The molecular weight excluding hydrogens is 675 g/mol. The highest BCUT2D eigenvalue weighted by molar-refractivity contribution is 5.73. The molecule has 3 unspecified atom stereocenters. The Bertz CT molecular complexity index is 850. The Morgan fingerprint density at radius 2 is 0.815 bits per heavy atom. The summed E-state index contributed by atoms with van der Waals surface area (Å²) < 4.78 is 17.8. The highest BCUT2D eigenvalue weighted by Gasteiger charge is 2.27. The molecule has 0 saturated carbocycles. The maximum absolute atomic E-state index is 13.8. The van der Waals surface area contributed by atoms with Crippen molar-refractivity contribution in [3.05, 3.63) is 0 Å². The van der Waals surface area contributed by atoms with Crippen LogP contribution in [0.1, 0.15) is 234 Å². The first kappa shape index (κ1) is 52.4. The molecule has 0 aliphatic rings. The lowest BCUT2D eigenvalue weighted by Crippen LogP contribution is -2.34. The second kappa shape index (κ2) is 39.6. The van der Waals surface area contributed by atoms with E-state index in [0.717, 1.165) is 122 Å². The summed E-state index contributed by atoms with van der Waals surface area (Å²) in [6.07, 6.45) is 32.9. The Balaban J connectivity index is 5.50. The molecule has 0 aromatic rings. The van der Waals surface area contributed by atoms with E-state index in [1.165, 1.54) is 83.5 Å². The molecule has 0 fully saturated rings. The molecule has 0 radical (unpaired) electrons. The van der Waals surface area contributed by atoms with Gasteiger partial charge in [0.1, 0.15) is 13.2 Å². The Labute approximate surface area is 335 Å². The SMILES string of the molecule is CCCCCCCCCCC(CCCCCC)C(=O)OCC(COC(=O)CCCCN(C)CCC)OC(=O)C(CCCCCC)CCCCCCCCC. The number of carbonyl (C=O) groups excluding carboxylic acids is 3. The average Bonchev–Trinajstić information content (AvgIpc) is 3.16. The van der Waals surface area contributed by atoms with E-state index in [9.17, 15) is 14.4 Å². The third-order valence-electron chi connectivity index (χ3n) is 10.9. The normalized spacial score (nSPS) is 13.2. The Hall–Kier alpha value is -1.63. The van der Waals surface area contributed by atoms with E-state index in [0.29, 0.717) is 6.42 Å². The van der Waals surface area contributed by atoms with Gasteiger partial charge in [0.05, 0.1) is 11.8 Å². The molecule has 0 aromatic heterocycles. The first-order chi connectivity index (χ1) is 26.3. The molecular formula is C47H91NO6. The number of carbonyl (C=O) groups is 3. The molecule has 7 nitrogen and oxygen atoms in total. The van der Waals surface area contributed by atoms with Crippen LogP contribution in [-0.4, -0.2) is 62.3 Å². The molecule has 0 heterocycles. The summed E-state index contributed by atoms with van der Waals surface area (Å²) in [6.45, 7) is 12.9. The first-order valence-corrected chi connectivity index (χ1v) is 23.5. The fourth-order valence-electron chi connectivity index (χ4n) is 7.34. The molecule has 7 heteroatoms. The van der Waals surface area contributed by atoms with E-state index in [1.54, 1.807) is 0 Å². The molecule has 0 saturated heterocycles. The molecule has 3 atom stereocenters. The van der Waals surface area contributed by atoms with Crippen LogP contribution in [-0.2, 0) is 28.6 Å². The van der Waals surface area contributed by atoms with E-state index in [2.05, 4.69) is 46.6 Å². The summed E-state index contributed by atoms with van der Waals surface area (Å²) in [4.78, 5) is 42.4. The van der Waals surface area contributed by atoms with E-state index in [4.69, 9.17) is 14.2 Å². The molecule has 0 spiro atoms. The topological polar surface area (TPSA) is 82.1 Å². The van der Waals surface area contributed by atoms with Crippen molar-refractivity contribution in [2.24, 2.45) is 11.8 Å². The Kier molecular flexibility index (Phi) is 38.4. The summed E-state index contributed by atoms with van der Waals surface area (Å²) in [6, 6.07) is 0. The quantitative estimate of drug-likeness (QED) is 0.0348. The van der Waals surface area contributed by atoms with Gasteiger partial charge in [-0.2, -0.15) is 0 Å². The van der Waals surface area contributed by atoms with E-state index in [1.807, 2.05) is 0 Å². The number of rotatable bonds is 41. The van der Waals surface area contributed by atoms with Crippen LogP contribution in [0.3, 0.4) is 0 Å². The predicted molar refractivity (Wildman–Crippen MR) is 228 cm³/mol.